The van der Waals surface area contributed by atoms with Crippen LogP contribution in [0.2, 0.25) is 0 Å². The Hall–Kier alpha value is -1.84. The predicted molar refractivity (Wildman–Crippen MR) is 67.0 cm³/mol. The molecule has 0 aliphatic carbocycles. The van der Waals surface area contributed by atoms with Gasteiger partial charge in [-0.25, -0.2) is 0 Å². The monoisotopic (exact) mass is 231 g/mol. The van der Waals surface area contributed by atoms with E-state index in [0.29, 0.717) is 25.3 Å². The fraction of sp³-hybridized carbons (Fsp3) is 0.385. The molecule has 0 atom stereocenters. The summed E-state index contributed by atoms with van der Waals surface area (Å²) >= 11 is 0. The van der Waals surface area contributed by atoms with Crippen LogP contribution in [0.4, 0.5) is 0 Å². The second-order valence-electron chi connectivity index (χ2n) is 4.13. The number of hydrogen-bond acceptors (Lipinski definition) is 2. The van der Waals surface area contributed by atoms with Crippen LogP contribution in [0.3, 0.4) is 0 Å². The zero-order chi connectivity index (χ0) is 12.3. The van der Waals surface area contributed by atoms with Crippen LogP contribution >= 0.6 is 0 Å². The molecular formula is C13H17N3O. The van der Waals surface area contributed by atoms with Crippen LogP contribution in [0.1, 0.15) is 24.5 Å². The Balaban J connectivity index is 1.94. The smallest absolute Gasteiger partial charge is 0.221 e. The summed E-state index contributed by atoms with van der Waals surface area (Å²) in [7, 11) is 0. The molecular weight excluding hydrogens is 214 g/mol. The van der Waals surface area contributed by atoms with E-state index in [1.165, 1.54) is 5.56 Å². The van der Waals surface area contributed by atoms with Crippen molar-refractivity contribution in [1.29, 1.82) is 5.41 Å². The van der Waals surface area contributed by atoms with Crippen molar-refractivity contribution in [3.63, 3.8) is 0 Å². The number of fused-ring (bicyclic) bond motifs is 1. The number of amides is 1. The third-order valence-corrected chi connectivity index (χ3v) is 2.93. The van der Waals surface area contributed by atoms with E-state index in [4.69, 9.17) is 5.41 Å². The molecule has 0 bridgehead atoms. The van der Waals surface area contributed by atoms with Crippen LogP contribution in [0.25, 0.3) is 0 Å². The van der Waals surface area contributed by atoms with Gasteiger partial charge in [0.15, 0.2) is 0 Å². The molecule has 1 aliphatic heterocycles. The van der Waals surface area contributed by atoms with E-state index < -0.39 is 0 Å². The first-order valence-corrected chi connectivity index (χ1v) is 5.91. The molecule has 0 spiro atoms. The number of hydrogen-bond donors (Lipinski definition) is 2. The van der Waals surface area contributed by atoms with Crippen molar-refractivity contribution < 1.29 is 4.79 Å². The standard InChI is InChI=1S/C13H17N3O/c1-2-15-12(17)7-8-16-9-10-5-3-4-6-11(10)13(16)14/h3-6,14H,2,7-9H2,1H3,(H,15,17). The fourth-order valence-electron chi connectivity index (χ4n) is 2.06. The number of carbonyl (C=O) groups is 1. The molecule has 0 fully saturated rings. The Labute approximate surface area is 101 Å². The van der Waals surface area contributed by atoms with Gasteiger partial charge in [-0.1, -0.05) is 24.3 Å². The molecule has 1 aliphatic rings. The zero-order valence-corrected chi connectivity index (χ0v) is 9.99. The van der Waals surface area contributed by atoms with Crippen molar-refractivity contribution in [3.05, 3.63) is 35.4 Å². The lowest BCUT2D eigenvalue weighted by atomic mass is 10.1. The van der Waals surface area contributed by atoms with Gasteiger partial charge in [0.25, 0.3) is 0 Å². The SMILES string of the molecule is CCNC(=O)CCN1Cc2ccccc2C1=N. The molecule has 1 aromatic carbocycles. The van der Waals surface area contributed by atoms with E-state index in [-0.39, 0.29) is 5.91 Å². The summed E-state index contributed by atoms with van der Waals surface area (Å²) in [5.74, 6) is 0.584. The Kier molecular flexibility index (Phi) is 3.42. The first-order chi connectivity index (χ1) is 8.22. The van der Waals surface area contributed by atoms with E-state index in [0.717, 1.165) is 12.1 Å². The van der Waals surface area contributed by atoms with E-state index in [1.54, 1.807) is 0 Å². The predicted octanol–water partition coefficient (Wildman–Crippen LogP) is 1.35. The van der Waals surface area contributed by atoms with Gasteiger partial charge < -0.3 is 10.2 Å². The molecule has 90 valence electrons. The number of carbonyl (C=O) groups excluding carboxylic acids is 1. The van der Waals surface area contributed by atoms with Crippen molar-refractivity contribution in [1.82, 2.24) is 10.2 Å². The maximum Gasteiger partial charge on any atom is 0.221 e. The second kappa shape index (κ2) is 4.99. The first-order valence-electron chi connectivity index (χ1n) is 5.91. The Morgan fingerprint density at radius 1 is 1.47 bits per heavy atom. The van der Waals surface area contributed by atoms with Gasteiger partial charge in [0.2, 0.25) is 5.91 Å². The highest BCUT2D eigenvalue weighted by atomic mass is 16.1. The van der Waals surface area contributed by atoms with Crippen molar-refractivity contribution in [2.45, 2.75) is 19.9 Å². The number of benzene rings is 1. The molecule has 2 N–H and O–H groups in total. The van der Waals surface area contributed by atoms with Gasteiger partial charge in [-0.05, 0) is 12.5 Å². The van der Waals surface area contributed by atoms with Crippen LogP contribution < -0.4 is 5.32 Å². The third kappa shape index (κ3) is 2.46. The zero-order valence-electron chi connectivity index (χ0n) is 9.99. The average Bonchev–Trinajstić information content (AvgIpc) is 2.65. The summed E-state index contributed by atoms with van der Waals surface area (Å²) < 4.78 is 0. The van der Waals surface area contributed by atoms with E-state index >= 15 is 0 Å². The van der Waals surface area contributed by atoms with E-state index in [9.17, 15) is 4.79 Å². The van der Waals surface area contributed by atoms with Crippen LogP contribution in [-0.4, -0.2) is 29.7 Å². The lowest BCUT2D eigenvalue weighted by Crippen LogP contribution is -2.31. The third-order valence-electron chi connectivity index (χ3n) is 2.93. The van der Waals surface area contributed by atoms with Crippen molar-refractivity contribution >= 4 is 11.7 Å². The molecule has 0 aromatic heterocycles. The Bertz CT molecular complexity index is 442. The molecule has 1 aromatic rings. The minimum Gasteiger partial charge on any atom is -0.356 e. The highest BCUT2D eigenvalue weighted by molar-refractivity contribution is 6.00. The van der Waals surface area contributed by atoms with Gasteiger partial charge >= 0.3 is 0 Å². The van der Waals surface area contributed by atoms with Gasteiger partial charge in [-0.2, -0.15) is 0 Å². The van der Waals surface area contributed by atoms with Gasteiger partial charge in [-0.15, -0.1) is 0 Å². The number of nitrogens with one attached hydrogen (secondary N) is 2. The van der Waals surface area contributed by atoms with Crippen molar-refractivity contribution in [2.24, 2.45) is 0 Å². The molecule has 0 radical (unpaired) electrons. The maximum atomic E-state index is 11.4. The summed E-state index contributed by atoms with van der Waals surface area (Å²) in [6, 6.07) is 7.93. The van der Waals surface area contributed by atoms with E-state index in [2.05, 4.69) is 5.32 Å². The topological polar surface area (TPSA) is 56.2 Å². The molecule has 4 nitrogen and oxygen atoms in total. The molecule has 17 heavy (non-hydrogen) atoms. The van der Waals surface area contributed by atoms with Crippen LogP contribution in [0.5, 0.6) is 0 Å². The Morgan fingerprint density at radius 3 is 2.94 bits per heavy atom. The van der Waals surface area contributed by atoms with Gasteiger partial charge in [0.05, 0.1) is 0 Å². The average molecular weight is 231 g/mol. The normalized spacial score (nSPS) is 13.7. The summed E-state index contributed by atoms with van der Waals surface area (Å²) in [4.78, 5) is 13.3. The lowest BCUT2D eigenvalue weighted by Gasteiger charge is -2.17. The van der Waals surface area contributed by atoms with Crippen LogP contribution in [-0.2, 0) is 11.3 Å². The minimum absolute atomic E-state index is 0.0521. The highest BCUT2D eigenvalue weighted by Crippen LogP contribution is 2.21. The fourth-order valence-corrected chi connectivity index (χ4v) is 2.06. The number of nitrogens with zero attached hydrogens (tertiary/aromatic N) is 1. The van der Waals surface area contributed by atoms with Crippen LogP contribution in [0.15, 0.2) is 24.3 Å². The molecule has 0 saturated heterocycles. The first kappa shape index (κ1) is 11.6. The van der Waals surface area contributed by atoms with Crippen molar-refractivity contribution in [3.8, 4) is 0 Å². The summed E-state index contributed by atoms with van der Waals surface area (Å²) in [6.45, 7) is 3.93. The summed E-state index contributed by atoms with van der Waals surface area (Å²) in [5.41, 5.74) is 2.16. The van der Waals surface area contributed by atoms with Gasteiger partial charge in [-0.3, -0.25) is 10.2 Å². The number of amidine groups is 1. The summed E-state index contributed by atoms with van der Waals surface area (Å²) in [6.07, 6.45) is 0.449. The second-order valence-corrected chi connectivity index (χ2v) is 4.13. The molecule has 0 saturated carbocycles. The van der Waals surface area contributed by atoms with Crippen molar-refractivity contribution in [2.75, 3.05) is 13.1 Å². The lowest BCUT2D eigenvalue weighted by molar-refractivity contribution is -0.121. The Morgan fingerprint density at radius 2 is 2.24 bits per heavy atom. The highest BCUT2D eigenvalue weighted by Gasteiger charge is 2.23. The quantitative estimate of drug-likeness (QED) is 0.822. The summed E-state index contributed by atoms with van der Waals surface area (Å²) in [5, 5.41) is 10.8. The van der Waals surface area contributed by atoms with Crippen LogP contribution in [0, 0.1) is 5.41 Å². The molecule has 0 unspecified atom stereocenters. The molecule has 2 rings (SSSR count). The minimum atomic E-state index is 0.0521. The molecule has 4 heteroatoms. The van der Waals surface area contributed by atoms with E-state index in [1.807, 2.05) is 36.1 Å². The number of rotatable bonds is 4. The largest absolute Gasteiger partial charge is 0.356 e. The maximum absolute atomic E-state index is 11.4. The molecule has 1 amide bonds. The van der Waals surface area contributed by atoms with Gasteiger partial charge in [0.1, 0.15) is 5.84 Å². The molecule has 1 heterocycles. The van der Waals surface area contributed by atoms with Gasteiger partial charge in [0, 0.05) is 31.6 Å².